The van der Waals surface area contributed by atoms with E-state index in [-0.39, 0.29) is 16.7 Å². The van der Waals surface area contributed by atoms with Crippen molar-refractivity contribution in [1.29, 1.82) is 0 Å². The highest BCUT2D eigenvalue weighted by atomic mass is 16.3. The zero-order chi connectivity index (χ0) is 52.9. The van der Waals surface area contributed by atoms with E-state index in [1.165, 1.54) is 6.07 Å². The predicted molar refractivity (Wildman–Crippen MR) is 229 cm³/mol. The fourth-order valence-corrected chi connectivity index (χ4v) is 6.27. The fourth-order valence-electron chi connectivity index (χ4n) is 6.27. The standard InChI is InChI=1S/C51H34N4O/c1-5-14-35(15-6-1)36-24-29-42(30-25-36)55(41-20-11-4-12-21-41)43-31-26-37(27-32-43)40-28-33-44-47(34-40)56-46-23-13-22-45(48(44)46)51-53-49(38-16-7-2-8-17-38)52-50(54-51)39-18-9-3-10-19-39/h1-34H/i1D,4D,5D,6D,11D,12D,14D,15D,20D,21D,24D,25D,26D,27D,29D,30D,31D,32D. The Morgan fingerprint density at radius 3 is 1.52 bits per heavy atom. The van der Waals surface area contributed by atoms with Crippen LogP contribution < -0.4 is 4.90 Å². The van der Waals surface area contributed by atoms with Crippen molar-refractivity contribution in [3.8, 4) is 56.4 Å². The van der Waals surface area contributed by atoms with E-state index >= 15 is 0 Å². The Bertz CT molecular complexity index is 3850. The molecule has 0 radical (unpaired) electrons. The van der Waals surface area contributed by atoms with Crippen molar-refractivity contribution in [3.63, 3.8) is 0 Å². The van der Waals surface area contributed by atoms with Gasteiger partial charge in [0.1, 0.15) is 11.2 Å². The van der Waals surface area contributed by atoms with Crippen LogP contribution in [-0.2, 0) is 0 Å². The number of rotatable bonds is 8. The van der Waals surface area contributed by atoms with Gasteiger partial charge in [0, 0.05) is 44.5 Å². The second-order valence-corrected chi connectivity index (χ2v) is 12.3. The molecule has 0 unspecified atom stereocenters. The lowest BCUT2D eigenvalue weighted by atomic mass is 10.0. The molecule has 2 heterocycles. The maximum Gasteiger partial charge on any atom is 0.164 e. The summed E-state index contributed by atoms with van der Waals surface area (Å²) in [6.45, 7) is 0. The topological polar surface area (TPSA) is 55.1 Å². The minimum Gasteiger partial charge on any atom is -0.456 e. The minimum absolute atomic E-state index is 0.140. The largest absolute Gasteiger partial charge is 0.456 e. The van der Waals surface area contributed by atoms with E-state index in [2.05, 4.69) is 0 Å². The number of hydrogen-bond acceptors (Lipinski definition) is 5. The molecule has 0 atom stereocenters. The molecule has 5 nitrogen and oxygen atoms in total. The van der Waals surface area contributed by atoms with Crippen molar-refractivity contribution in [2.45, 2.75) is 0 Å². The SMILES string of the molecule is [2H]c1c([2H])c([2H])c(-c2c([2H])c([2H])c(N(c3c([2H])c([2H])c([2H])c([2H])c3[2H])c3c([2H])c([2H])c(-c4ccc5c(c4)oc4cccc(-c6nc(-c7ccccc7)nc(-c7ccccc7)n6)c45)c([2H])c3[2H])c([2H])c2[2H])c([2H])c1[2H]. The number of para-hydroxylation sites is 1. The van der Waals surface area contributed by atoms with Crippen molar-refractivity contribution >= 4 is 39.0 Å². The molecule has 10 aromatic rings. The maximum absolute atomic E-state index is 9.47. The van der Waals surface area contributed by atoms with E-state index in [0.29, 0.717) is 44.3 Å². The quantitative estimate of drug-likeness (QED) is 0.155. The van der Waals surface area contributed by atoms with Gasteiger partial charge in [0.2, 0.25) is 0 Å². The molecule has 264 valence electrons. The highest BCUT2D eigenvalue weighted by Gasteiger charge is 2.19. The van der Waals surface area contributed by atoms with Gasteiger partial charge in [-0.05, 0) is 76.7 Å². The van der Waals surface area contributed by atoms with Crippen LogP contribution in [0.1, 0.15) is 24.7 Å². The van der Waals surface area contributed by atoms with Crippen LogP contribution in [0.4, 0.5) is 17.1 Å². The van der Waals surface area contributed by atoms with E-state index in [4.69, 9.17) is 35.8 Å². The van der Waals surface area contributed by atoms with Crippen LogP contribution in [0, 0.1) is 0 Å². The van der Waals surface area contributed by atoms with Gasteiger partial charge in [-0.3, -0.25) is 0 Å². The van der Waals surface area contributed by atoms with Crippen LogP contribution in [0.3, 0.4) is 0 Å². The molecule has 8 aromatic carbocycles. The number of hydrogen-bond donors (Lipinski definition) is 0. The zero-order valence-electron chi connectivity index (χ0n) is 46.9. The van der Waals surface area contributed by atoms with Crippen molar-refractivity contribution in [1.82, 2.24) is 15.0 Å². The number of anilines is 3. The minimum atomic E-state index is -1.04. The van der Waals surface area contributed by atoms with Crippen molar-refractivity contribution in [2.24, 2.45) is 0 Å². The van der Waals surface area contributed by atoms with E-state index in [1.54, 1.807) is 24.3 Å². The molecule has 0 aliphatic heterocycles. The highest BCUT2D eigenvalue weighted by molar-refractivity contribution is 6.12. The average Bonchev–Trinajstić information content (AvgIpc) is 3.79. The molecule has 0 bridgehead atoms. The summed E-state index contributed by atoms with van der Waals surface area (Å²) in [5, 5.41) is 1.21. The first-order valence-corrected chi connectivity index (χ1v) is 17.2. The van der Waals surface area contributed by atoms with Crippen molar-refractivity contribution < 1.29 is 29.1 Å². The van der Waals surface area contributed by atoms with Crippen LogP contribution in [0.25, 0.3) is 78.4 Å². The normalized spacial score (nSPS) is 15.7. The summed E-state index contributed by atoms with van der Waals surface area (Å²) < 4.78 is 166. The van der Waals surface area contributed by atoms with Crippen LogP contribution in [0.2, 0.25) is 0 Å². The molecule has 56 heavy (non-hydrogen) atoms. The lowest BCUT2D eigenvalue weighted by Gasteiger charge is -2.26. The van der Waals surface area contributed by atoms with Crippen LogP contribution in [0.15, 0.2) is 210 Å². The Balaban J connectivity index is 1.17. The Kier molecular flexibility index (Phi) is 4.88. The van der Waals surface area contributed by atoms with Gasteiger partial charge >= 0.3 is 0 Å². The fraction of sp³-hybridized carbons (Fsp3) is 0. The van der Waals surface area contributed by atoms with E-state index in [9.17, 15) is 8.22 Å². The Hall–Kier alpha value is -7.63. The molecule has 0 spiro atoms. The molecule has 0 saturated heterocycles. The first-order chi connectivity index (χ1) is 35.2. The second kappa shape index (κ2) is 14.3. The molecule has 10 rings (SSSR count). The second-order valence-electron chi connectivity index (χ2n) is 12.3. The van der Waals surface area contributed by atoms with Gasteiger partial charge in [-0.1, -0.05) is 151 Å². The maximum atomic E-state index is 9.47. The molecular weight excluding hydrogens is 685 g/mol. The molecule has 0 aliphatic carbocycles. The molecule has 0 aliphatic rings. The summed E-state index contributed by atoms with van der Waals surface area (Å²) in [5.74, 6) is 1.21. The first kappa shape index (κ1) is 19.1. The summed E-state index contributed by atoms with van der Waals surface area (Å²) in [5.41, 5.74) is -1.28. The van der Waals surface area contributed by atoms with Crippen LogP contribution >= 0.6 is 0 Å². The van der Waals surface area contributed by atoms with Gasteiger partial charge in [-0.2, -0.15) is 0 Å². The third kappa shape index (κ3) is 6.27. The summed E-state index contributed by atoms with van der Waals surface area (Å²) in [4.78, 5) is 15.1. The number of furan rings is 1. The van der Waals surface area contributed by atoms with Gasteiger partial charge in [0.05, 0.1) is 24.7 Å². The highest BCUT2D eigenvalue weighted by Crippen LogP contribution is 2.40. The molecule has 0 saturated carbocycles. The number of aromatic nitrogens is 3. The van der Waals surface area contributed by atoms with Gasteiger partial charge in [-0.15, -0.1) is 0 Å². The lowest BCUT2D eigenvalue weighted by molar-refractivity contribution is 0.669. The third-order valence-electron chi connectivity index (χ3n) is 8.86. The van der Waals surface area contributed by atoms with E-state index in [1.807, 2.05) is 66.7 Å². The van der Waals surface area contributed by atoms with Gasteiger partial charge in [0.15, 0.2) is 17.5 Å². The summed E-state index contributed by atoms with van der Waals surface area (Å²) >= 11 is 0. The van der Waals surface area contributed by atoms with Gasteiger partial charge < -0.3 is 9.32 Å². The molecule has 0 N–H and O–H groups in total. The molecule has 5 heteroatoms. The third-order valence-corrected chi connectivity index (χ3v) is 8.86. The van der Waals surface area contributed by atoms with Gasteiger partial charge in [-0.25, -0.2) is 15.0 Å². The van der Waals surface area contributed by atoms with Crippen molar-refractivity contribution in [3.05, 3.63) is 206 Å². The van der Waals surface area contributed by atoms with Crippen LogP contribution in [0.5, 0.6) is 0 Å². The monoisotopic (exact) mass is 736 g/mol. The first-order valence-electron chi connectivity index (χ1n) is 26.2. The number of nitrogens with zero attached hydrogens (tertiary/aromatic N) is 4. The average molecular weight is 737 g/mol. The summed E-state index contributed by atoms with van der Waals surface area (Å²) in [7, 11) is 0. The van der Waals surface area contributed by atoms with E-state index in [0.717, 1.165) is 11.1 Å². The summed E-state index contributed by atoms with van der Waals surface area (Å²) in [6, 6.07) is 12.9. The van der Waals surface area contributed by atoms with E-state index < -0.39 is 137 Å². The molecular formula is C51H34N4O. The smallest absolute Gasteiger partial charge is 0.164 e. The lowest BCUT2D eigenvalue weighted by Crippen LogP contribution is -2.09. The zero-order valence-corrected chi connectivity index (χ0v) is 28.9. The Morgan fingerprint density at radius 2 is 0.911 bits per heavy atom. The Morgan fingerprint density at radius 1 is 0.393 bits per heavy atom. The number of benzene rings is 8. The Labute approximate surface area is 350 Å². The van der Waals surface area contributed by atoms with Gasteiger partial charge in [0.25, 0.3) is 0 Å². The summed E-state index contributed by atoms with van der Waals surface area (Å²) in [6.07, 6.45) is 0. The predicted octanol–water partition coefficient (Wildman–Crippen LogP) is 13.6. The molecule has 0 amide bonds. The number of fused-ring (bicyclic) bond motifs is 3. The molecule has 2 aromatic heterocycles. The van der Waals surface area contributed by atoms with Crippen LogP contribution in [-0.4, -0.2) is 15.0 Å². The molecule has 0 fully saturated rings. The van der Waals surface area contributed by atoms with Crippen molar-refractivity contribution in [2.75, 3.05) is 4.90 Å².